The van der Waals surface area contributed by atoms with Gasteiger partial charge in [0.2, 0.25) is 0 Å². The minimum absolute atomic E-state index is 0.0248. The molecule has 0 atom stereocenters. The molecule has 38 heavy (non-hydrogen) atoms. The second kappa shape index (κ2) is 9.37. The Morgan fingerprint density at radius 3 is 2.63 bits per heavy atom. The molecule has 0 bridgehead atoms. The summed E-state index contributed by atoms with van der Waals surface area (Å²) in [6.45, 7) is 0.657. The van der Waals surface area contributed by atoms with Crippen LogP contribution in [-0.2, 0) is 26.4 Å². The first kappa shape index (κ1) is 23.8. The van der Waals surface area contributed by atoms with Crippen LogP contribution in [0.25, 0.3) is 11.4 Å². The highest BCUT2D eigenvalue weighted by Crippen LogP contribution is 2.35. The number of amides is 1. The maximum atomic E-state index is 15.4. The number of nitrogens with one attached hydrogen (secondary N) is 1. The average molecular weight is 513 g/mol. The highest BCUT2D eigenvalue weighted by Gasteiger charge is 2.36. The molecule has 192 valence electrons. The summed E-state index contributed by atoms with van der Waals surface area (Å²) in [6.07, 6.45) is 5.52. The zero-order valence-corrected chi connectivity index (χ0v) is 20.8. The van der Waals surface area contributed by atoms with E-state index in [4.69, 9.17) is 4.98 Å². The summed E-state index contributed by atoms with van der Waals surface area (Å²) in [4.78, 5) is 48.6. The van der Waals surface area contributed by atoms with Crippen molar-refractivity contribution in [1.29, 1.82) is 0 Å². The first-order valence-electron chi connectivity index (χ1n) is 12.5. The monoisotopic (exact) mass is 512 g/mol. The lowest BCUT2D eigenvalue weighted by Gasteiger charge is -2.30. The van der Waals surface area contributed by atoms with E-state index in [1.807, 2.05) is 6.07 Å². The molecule has 0 spiro atoms. The van der Waals surface area contributed by atoms with Gasteiger partial charge in [0, 0.05) is 43.7 Å². The molecule has 0 radical (unpaired) electrons. The zero-order chi connectivity index (χ0) is 26.4. The standard InChI is InChI=1S/C28H25FN6O3/c1-33-23(37)12-11-19(31-22-8-4-5-13-30-22)25(33)20-10-9-17(16-36)27(32-20)35-15-14-34-21-7-3-2-6-18(21)24(29)26(34)28(35)38/h4-5,8-13,16H,2-3,6-7,14-15H2,1H3,(H,30,31). The van der Waals surface area contributed by atoms with Crippen LogP contribution in [0.2, 0.25) is 0 Å². The molecule has 0 aromatic carbocycles. The molecule has 9 nitrogen and oxygen atoms in total. The van der Waals surface area contributed by atoms with E-state index in [1.165, 1.54) is 15.5 Å². The van der Waals surface area contributed by atoms with Gasteiger partial charge >= 0.3 is 0 Å². The quantitative estimate of drug-likeness (QED) is 0.407. The van der Waals surface area contributed by atoms with Gasteiger partial charge in [-0.2, -0.15) is 0 Å². The van der Waals surface area contributed by atoms with E-state index in [9.17, 15) is 14.4 Å². The molecule has 0 fully saturated rings. The van der Waals surface area contributed by atoms with Crippen molar-refractivity contribution in [2.75, 3.05) is 16.8 Å². The lowest BCUT2D eigenvalue weighted by molar-refractivity contribution is 0.0959. The van der Waals surface area contributed by atoms with Crippen LogP contribution in [0.1, 0.15) is 44.9 Å². The Kier molecular flexibility index (Phi) is 5.86. The molecule has 0 saturated carbocycles. The Hall–Kier alpha value is -4.60. The highest BCUT2D eigenvalue weighted by molar-refractivity contribution is 6.08. The molecule has 0 saturated heterocycles. The molecular formula is C28H25FN6O3. The van der Waals surface area contributed by atoms with Crippen LogP contribution in [0.5, 0.6) is 0 Å². The molecular weight excluding hydrogens is 487 g/mol. The summed E-state index contributed by atoms with van der Waals surface area (Å²) >= 11 is 0. The molecule has 4 aromatic rings. The number of aromatic nitrogens is 4. The normalized spacial score (nSPS) is 14.7. The summed E-state index contributed by atoms with van der Waals surface area (Å²) in [7, 11) is 1.62. The van der Waals surface area contributed by atoms with Gasteiger partial charge in [-0.15, -0.1) is 0 Å². The van der Waals surface area contributed by atoms with E-state index >= 15 is 4.39 Å². The number of pyridine rings is 3. The van der Waals surface area contributed by atoms with Crippen LogP contribution >= 0.6 is 0 Å². The number of hydrogen-bond acceptors (Lipinski definition) is 6. The Morgan fingerprint density at radius 2 is 1.84 bits per heavy atom. The van der Waals surface area contributed by atoms with Gasteiger partial charge in [0.25, 0.3) is 11.5 Å². The van der Waals surface area contributed by atoms with Gasteiger partial charge in [0.1, 0.15) is 17.3 Å². The summed E-state index contributed by atoms with van der Waals surface area (Å²) in [5.74, 6) is -0.286. The molecule has 10 heteroatoms. The van der Waals surface area contributed by atoms with Gasteiger partial charge in [0.15, 0.2) is 12.1 Å². The van der Waals surface area contributed by atoms with Gasteiger partial charge in [-0.3, -0.25) is 19.3 Å². The topological polar surface area (TPSA) is 102 Å². The average Bonchev–Trinajstić information content (AvgIpc) is 3.24. The summed E-state index contributed by atoms with van der Waals surface area (Å²) in [5.41, 5.74) is 2.90. The minimum atomic E-state index is -0.523. The van der Waals surface area contributed by atoms with Crippen LogP contribution in [0, 0.1) is 5.82 Å². The van der Waals surface area contributed by atoms with Gasteiger partial charge in [0.05, 0.1) is 22.6 Å². The number of fused-ring (bicyclic) bond motifs is 3. The van der Waals surface area contributed by atoms with E-state index < -0.39 is 11.7 Å². The molecule has 0 unspecified atom stereocenters. The highest BCUT2D eigenvalue weighted by atomic mass is 19.1. The molecule has 1 N–H and O–H groups in total. The van der Waals surface area contributed by atoms with Crippen molar-refractivity contribution in [3.8, 4) is 11.4 Å². The van der Waals surface area contributed by atoms with Crippen molar-refractivity contribution in [2.24, 2.45) is 7.05 Å². The fraction of sp³-hybridized carbons (Fsp3) is 0.250. The fourth-order valence-electron chi connectivity index (χ4n) is 5.43. The molecule has 1 aliphatic heterocycles. The Balaban J connectivity index is 1.45. The van der Waals surface area contributed by atoms with Crippen molar-refractivity contribution in [1.82, 2.24) is 19.1 Å². The minimum Gasteiger partial charge on any atom is -0.338 e. The molecule has 1 aliphatic carbocycles. The number of hydrogen-bond donors (Lipinski definition) is 1. The smallest absolute Gasteiger partial charge is 0.279 e. The Morgan fingerprint density at radius 1 is 1.00 bits per heavy atom. The van der Waals surface area contributed by atoms with Crippen LogP contribution in [0.3, 0.4) is 0 Å². The first-order valence-corrected chi connectivity index (χ1v) is 12.5. The third-order valence-electron chi connectivity index (χ3n) is 7.27. The van der Waals surface area contributed by atoms with Crippen LogP contribution in [-0.4, -0.2) is 37.8 Å². The first-order chi connectivity index (χ1) is 18.5. The lowest BCUT2D eigenvalue weighted by Crippen LogP contribution is -2.42. The van der Waals surface area contributed by atoms with Crippen molar-refractivity contribution in [3.05, 3.63) is 87.3 Å². The SMILES string of the molecule is Cn1c(-c2ccc(C=O)c(N3CCn4c5c(c(F)c4C3=O)CCCC5)n2)c(Nc2ccccn2)ccc1=O. The number of carbonyl (C=O) groups excluding carboxylic acids is 2. The number of carbonyl (C=O) groups is 2. The second-order valence-electron chi connectivity index (χ2n) is 9.46. The van der Waals surface area contributed by atoms with E-state index in [1.54, 1.807) is 48.1 Å². The summed E-state index contributed by atoms with van der Waals surface area (Å²) in [6, 6.07) is 11.7. The summed E-state index contributed by atoms with van der Waals surface area (Å²) < 4.78 is 18.6. The number of anilines is 3. The zero-order valence-electron chi connectivity index (χ0n) is 20.8. The van der Waals surface area contributed by atoms with Crippen LogP contribution < -0.4 is 15.8 Å². The van der Waals surface area contributed by atoms with E-state index in [0.717, 1.165) is 25.0 Å². The third kappa shape index (κ3) is 3.80. The summed E-state index contributed by atoms with van der Waals surface area (Å²) in [5, 5.41) is 3.21. The fourth-order valence-corrected chi connectivity index (χ4v) is 5.43. The van der Waals surface area contributed by atoms with Crippen LogP contribution in [0.15, 0.2) is 53.5 Å². The van der Waals surface area contributed by atoms with Gasteiger partial charge in [-0.1, -0.05) is 6.07 Å². The maximum Gasteiger partial charge on any atom is 0.279 e. The predicted octanol–water partition coefficient (Wildman–Crippen LogP) is 3.88. The number of nitrogens with zero attached hydrogens (tertiary/aromatic N) is 5. The largest absolute Gasteiger partial charge is 0.338 e. The molecule has 1 amide bonds. The number of aldehydes is 1. The van der Waals surface area contributed by atoms with Gasteiger partial charge < -0.3 is 14.5 Å². The van der Waals surface area contributed by atoms with Gasteiger partial charge in [-0.05, 0) is 56.0 Å². The van der Waals surface area contributed by atoms with E-state index in [2.05, 4.69) is 10.3 Å². The predicted molar refractivity (Wildman–Crippen MR) is 141 cm³/mol. The van der Waals surface area contributed by atoms with Crippen molar-refractivity contribution in [3.63, 3.8) is 0 Å². The van der Waals surface area contributed by atoms with Crippen molar-refractivity contribution in [2.45, 2.75) is 32.2 Å². The Bertz CT molecular complexity index is 1640. The number of halogens is 1. The van der Waals surface area contributed by atoms with E-state index in [-0.39, 0.29) is 29.2 Å². The third-order valence-corrected chi connectivity index (χ3v) is 7.27. The molecule has 6 rings (SSSR count). The van der Waals surface area contributed by atoms with Crippen LogP contribution in [0.4, 0.5) is 21.7 Å². The number of rotatable bonds is 5. The maximum absolute atomic E-state index is 15.4. The molecule has 4 aromatic heterocycles. The lowest BCUT2D eigenvalue weighted by atomic mass is 9.97. The molecule has 2 aliphatic rings. The van der Waals surface area contributed by atoms with E-state index in [0.29, 0.717) is 47.7 Å². The molecule has 5 heterocycles. The van der Waals surface area contributed by atoms with Gasteiger partial charge in [-0.25, -0.2) is 14.4 Å². The second-order valence-corrected chi connectivity index (χ2v) is 9.46. The van der Waals surface area contributed by atoms with Crippen molar-refractivity contribution < 1.29 is 14.0 Å². The van der Waals surface area contributed by atoms with Crippen molar-refractivity contribution >= 4 is 29.5 Å². The Labute approximate surface area is 217 Å².